The largest absolute Gasteiger partial charge is 0.396 e. The molecule has 0 spiro atoms. The molecule has 2 N–H and O–H groups in total. The van der Waals surface area contributed by atoms with E-state index < -0.39 is 18.6 Å². The Kier molecular flexibility index (Phi) is 3.16. The van der Waals surface area contributed by atoms with Crippen LogP contribution in [-0.2, 0) is 0 Å². The number of benzene rings is 1. The Bertz CT molecular complexity index is 306. The summed E-state index contributed by atoms with van der Waals surface area (Å²) >= 11 is 0. The molecule has 0 aliphatic carbocycles. The number of alkyl halides is 3. The molecule has 0 fully saturated rings. The number of aryl methyl sites for hydroxylation is 1. The summed E-state index contributed by atoms with van der Waals surface area (Å²) in [5.41, 5.74) is 6.03. The molecule has 14 heavy (non-hydrogen) atoms. The van der Waals surface area contributed by atoms with E-state index in [0.29, 0.717) is 5.56 Å². The zero-order valence-electron chi connectivity index (χ0n) is 7.81. The van der Waals surface area contributed by atoms with Crippen molar-refractivity contribution >= 4 is 0 Å². The Hall–Kier alpha value is -1.03. The summed E-state index contributed by atoms with van der Waals surface area (Å²) in [4.78, 5) is 0. The standard InChI is InChI=1S/C10H12F3N/c1-7-4-2-3-5-8(7)9(6-14)10(11,12)13/h2-5,9H,6,14H2,1H3/t9-/m1/s1. The molecule has 0 aromatic heterocycles. The first-order valence-corrected chi connectivity index (χ1v) is 4.29. The lowest BCUT2D eigenvalue weighted by molar-refractivity contribution is -0.148. The maximum absolute atomic E-state index is 12.5. The minimum atomic E-state index is -4.26. The second-order valence-electron chi connectivity index (χ2n) is 3.19. The summed E-state index contributed by atoms with van der Waals surface area (Å²) in [6, 6.07) is 6.43. The minimum Gasteiger partial charge on any atom is -0.330 e. The lowest BCUT2D eigenvalue weighted by Gasteiger charge is -2.20. The molecule has 1 aromatic carbocycles. The highest BCUT2D eigenvalue weighted by Gasteiger charge is 2.40. The summed E-state index contributed by atoms with van der Waals surface area (Å²) in [6.45, 7) is 1.25. The van der Waals surface area contributed by atoms with Crippen molar-refractivity contribution in [2.24, 2.45) is 5.73 Å². The number of hydrogen-bond acceptors (Lipinski definition) is 1. The summed E-state index contributed by atoms with van der Waals surface area (Å²) in [5, 5.41) is 0. The summed E-state index contributed by atoms with van der Waals surface area (Å²) < 4.78 is 37.5. The van der Waals surface area contributed by atoms with Gasteiger partial charge in [-0.15, -0.1) is 0 Å². The van der Waals surface area contributed by atoms with Crippen LogP contribution in [0.4, 0.5) is 13.2 Å². The topological polar surface area (TPSA) is 26.0 Å². The Morgan fingerprint density at radius 3 is 2.29 bits per heavy atom. The second kappa shape index (κ2) is 4.00. The first-order chi connectivity index (χ1) is 6.46. The fourth-order valence-corrected chi connectivity index (χ4v) is 1.41. The average Bonchev–Trinajstić information content (AvgIpc) is 2.07. The number of rotatable bonds is 2. The van der Waals surface area contributed by atoms with Gasteiger partial charge in [-0.25, -0.2) is 0 Å². The van der Waals surface area contributed by atoms with Gasteiger partial charge in [-0.1, -0.05) is 24.3 Å². The molecule has 0 amide bonds. The van der Waals surface area contributed by atoms with Crippen LogP contribution in [0.25, 0.3) is 0 Å². The molecule has 4 heteroatoms. The van der Waals surface area contributed by atoms with Crippen molar-refractivity contribution in [2.45, 2.75) is 19.0 Å². The van der Waals surface area contributed by atoms with Gasteiger partial charge in [0.15, 0.2) is 0 Å². The van der Waals surface area contributed by atoms with E-state index in [1.54, 1.807) is 25.1 Å². The first kappa shape index (κ1) is 11.0. The van der Waals surface area contributed by atoms with Gasteiger partial charge in [0.25, 0.3) is 0 Å². The van der Waals surface area contributed by atoms with E-state index in [9.17, 15) is 13.2 Å². The van der Waals surface area contributed by atoms with Crippen LogP contribution in [0, 0.1) is 6.92 Å². The Balaban J connectivity index is 3.08. The minimum absolute atomic E-state index is 0.266. The van der Waals surface area contributed by atoms with Gasteiger partial charge in [0, 0.05) is 6.54 Å². The monoisotopic (exact) mass is 203 g/mol. The van der Waals surface area contributed by atoms with Crippen LogP contribution >= 0.6 is 0 Å². The van der Waals surface area contributed by atoms with Gasteiger partial charge in [-0.05, 0) is 18.1 Å². The normalized spacial score (nSPS) is 14.1. The molecule has 78 valence electrons. The number of nitrogens with two attached hydrogens (primary N) is 1. The quantitative estimate of drug-likeness (QED) is 0.785. The highest BCUT2D eigenvalue weighted by atomic mass is 19.4. The number of hydrogen-bond donors (Lipinski definition) is 1. The maximum Gasteiger partial charge on any atom is 0.396 e. The van der Waals surface area contributed by atoms with Crippen molar-refractivity contribution < 1.29 is 13.2 Å². The molecule has 0 aliphatic rings. The molecule has 0 saturated heterocycles. The van der Waals surface area contributed by atoms with Gasteiger partial charge in [-0.3, -0.25) is 0 Å². The fraction of sp³-hybridized carbons (Fsp3) is 0.400. The van der Waals surface area contributed by atoms with Crippen molar-refractivity contribution in [3.8, 4) is 0 Å². The lowest BCUT2D eigenvalue weighted by atomic mass is 9.94. The molecule has 0 unspecified atom stereocenters. The van der Waals surface area contributed by atoms with Gasteiger partial charge in [-0.2, -0.15) is 13.2 Å². The van der Waals surface area contributed by atoms with Crippen LogP contribution in [0.2, 0.25) is 0 Å². The van der Waals surface area contributed by atoms with Gasteiger partial charge in [0.1, 0.15) is 0 Å². The van der Waals surface area contributed by atoms with Crippen molar-refractivity contribution in [3.05, 3.63) is 35.4 Å². The fourth-order valence-electron chi connectivity index (χ4n) is 1.41. The third-order valence-electron chi connectivity index (χ3n) is 2.19. The molecule has 1 atom stereocenters. The predicted molar refractivity (Wildman–Crippen MR) is 49.0 cm³/mol. The van der Waals surface area contributed by atoms with Crippen LogP contribution in [0.15, 0.2) is 24.3 Å². The van der Waals surface area contributed by atoms with Gasteiger partial charge in [0.05, 0.1) is 5.92 Å². The molecule has 0 radical (unpaired) electrons. The van der Waals surface area contributed by atoms with E-state index in [2.05, 4.69) is 0 Å². The summed E-state index contributed by atoms with van der Waals surface area (Å²) in [5.74, 6) is -1.55. The molecular formula is C10H12F3N. The van der Waals surface area contributed by atoms with E-state index in [0.717, 1.165) is 0 Å². The predicted octanol–water partition coefficient (Wildman–Crippen LogP) is 2.60. The highest BCUT2D eigenvalue weighted by Crippen LogP contribution is 2.35. The van der Waals surface area contributed by atoms with Gasteiger partial charge in [0.2, 0.25) is 0 Å². The zero-order valence-corrected chi connectivity index (χ0v) is 7.81. The van der Waals surface area contributed by atoms with Crippen LogP contribution in [0.1, 0.15) is 17.0 Å². The van der Waals surface area contributed by atoms with E-state index in [4.69, 9.17) is 5.73 Å². The molecule has 1 rings (SSSR count). The van der Waals surface area contributed by atoms with Crippen LogP contribution in [0.3, 0.4) is 0 Å². The first-order valence-electron chi connectivity index (χ1n) is 4.29. The third kappa shape index (κ3) is 2.26. The lowest BCUT2D eigenvalue weighted by Crippen LogP contribution is -2.28. The molecule has 1 nitrogen and oxygen atoms in total. The second-order valence-corrected chi connectivity index (χ2v) is 3.19. The van der Waals surface area contributed by atoms with E-state index in [1.807, 2.05) is 0 Å². The van der Waals surface area contributed by atoms with E-state index >= 15 is 0 Å². The van der Waals surface area contributed by atoms with Gasteiger partial charge >= 0.3 is 6.18 Å². The smallest absolute Gasteiger partial charge is 0.330 e. The van der Waals surface area contributed by atoms with Gasteiger partial charge < -0.3 is 5.73 Å². The average molecular weight is 203 g/mol. The molecule has 1 aromatic rings. The molecule has 0 bridgehead atoms. The Morgan fingerprint density at radius 1 is 1.29 bits per heavy atom. The van der Waals surface area contributed by atoms with Crippen molar-refractivity contribution in [1.82, 2.24) is 0 Å². The van der Waals surface area contributed by atoms with E-state index in [1.165, 1.54) is 6.07 Å². The van der Waals surface area contributed by atoms with Crippen LogP contribution in [0.5, 0.6) is 0 Å². The van der Waals surface area contributed by atoms with Crippen LogP contribution < -0.4 is 5.73 Å². The van der Waals surface area contributed by atoms with Crippen molar-refractivity contribution in [3.63, 3.8) is 0 Å². The Morgan fingerprint density at radius 2 is 1.86 bits per heavy atom. The van der Waals surface area contributed by atoms with Crippen molar-refractivity contribution in [1.29, 1.82) is 0 Å². The summed E-state index contributed by atoms with van der Waals surface area (Å²) in [6.07, 6.45) is -4.26. The molecular weight excluding hydrogens is 191 g/mol. The van der Waals surface area contributed by atoms with Crippen LogP contribution in [-0.4, -0.2) is 12.7 Å². The molecule has 0 heterocycles. The molecule has 0 aliphatic heterocycles. The third-order valence-corrected chi connectivity index (χ3v) is 2.19. The maximum atomic E-state index is 12.5. The van der Waals surface area contributed by atoms with E-state index in [-0.39, 0.29) is 5.56 Å². The number of halogens is 3. The SMILES string of the molecule is Cc1ccccc1[C@@H](CN)C(F)(F)F. The summed E-state index contributed by atoms with van der Waals surface area (Å²) in [7, 11) is 0. The molecule has 0 saturated carbocycles. The zero-order chi connectivity index (χ0) is 10.8. The highest BCUT2D eigenvalue weighted by molar-refractivity contribution is 5.30. The Labute approximate surface area is 80.7 Å². The van der Waals surface area contributed by atoms with Crippen molar-refractivity contribution in [2.75, 3.05) is 6.54 Å².